The maximum absolute atomic E-state index is 13.8. The number of ketones is 1. The Morgan fingerprint density at radius 2 is 1.97 bits per heavy atom. The van der Waals surface area contributed by atoms with E-state index in [0.29, 0.717) is 36.6 Å². The number of aliphatic hydroxyl groups excluding tert-OH is 2. The number of aromatic nitrogens is 1. The molecule has 8 unspecified atom stereocenters. The van der Waals surface area contributed by atoms with E-state index >= 15 is 0 Å². The number of carbonyl (C=O) groups excluding carboxylic acids is 2. The van der Waals surface area contributed by atoms with Gasteiger partial charge >= 0.3 is 0 Å². The molecule has 3 aliphatic heterocycles. The van der Waals surface area contributed by atoms with Gasteiger partial charge in [0.05, 0.1) is 60.2 Å². The number of amides is 1. The van der Waals surface area contributed by atoms with Crippen molar-refractivity contribution in [1.29, 1.82) is 0 Å². The van der Waals surface area contributed by atoms with Crippen LogP contribution in [0.3, 0.4) is 0 Å². The van der Waals surface area contributed by atoms with Gasteiger partial charge in [0.25, 0.3) is 0 Å². The third-order valence-corrected chi connectivity index (χ3v) is 9.21. The van der Waals surface area contributed by atoms with Gasteiger partial charge in [-0.05, 0) is 56.7 Å². The summed E-state index contributed by atoms with van der Waals surface area (Å²) in [6.45, 7) is 8.03. The number of halogens is 1. The molecule has 8 atom stereocenters. The van der Waals surface area contributed by atoms with Crippen LogP contribution in [0, 0.1) is 17.3 Å². The number of fused-ring (bicyclic) bond motifs is 1. The Morgan fingerprint density at radius 3 is 2.64 bits per heavy atom. The van der Waals surface area contributed by atoms with Crippen LogP contribution >= 0.6 is 11.6 Å². The predicted molar refractivity (Wildman–Crippen MR) is 149 cm³/mol. The highest BCUT2D eigenvalue weighted by Crippen LogP contribution is 2.45. The van der Waals surface area contributed by atoms with Crippen LogP contribution < -0.4 is 5.32 Å². The molecule has 8 nitrogen and oxygen atoms in total. The number of pyridine rings is 1. The first kappa shape index (κ1) is 30.1. The Balaban J connectivity index is 1.57. The van der Waals surface area contributed by atoms with E-state index in [0.717, 1.165) is 19.3 Å². The molecule has 3 N–H and O–H groups in total. The fourth-order valence-corrected chi connectivity index (χ4v) is 5.95. The first-order valence-corrected chi connectivity index (χ1v) is 14.6. The molecule has 4 rings (SSSR count). The number of Topliss-reactive ketones (excluding diaryl/α,β-unsaturated/α-hetero) is 1. The third kappa shape index (κ3) is 7.67. The summed E-state index contributed by atoms with van der Waals surface area (Å²) in [5.74, 6) is -1.38. The van der Waals surface area contributed by atoms with Gasteiger partial charge in [-0.1, -0.05) is 44.9 Å². The Kier molecular flexibility index (Phi) is 9.54. The molecular weight excluding hydrogens is 520 g/mol. The lowest BCUT2D eigenvalue weighted by atomic mass is 9.70. The summed E-state index contributed by atoms with van der Waals surface area (Å²) in [5, 5.41) is 25.8. The van der Waals surface area contributed by atoms with Crippen LogP contribution in [0.2, 0.25) is 0 Å². The normalized spacial score (nSPS) is 38.0. The van der Waals surface area contributed by atoms with Crippen molar-refractivity contribution in [3.05, 3.63) is 35.1 Å². The highest BCUT2D eigenvalue weighted by Gasteiger charge is 2.52. The molecule has 39 heavy (non-hydrogen) atoms. The summed E-state index contributed by atoms with van der Waals surface area (Å²) < 4.78 is 11.4. The first-order valence-electron chi connectivity index (χ1n) is 14.2. The van der Waals surface area contributed by atoms with Gasteiger partial charge in [0, 0.05) is 23.6 Å². The van der Waals surface area contributed by atoms with E-state index in [1.54, 1.807) is 26.1 Å². The van der Waals surface area contributed by atoms with Crippen LogP contribution in [0.4, 0.5) is 0 Å². The smallest absolute Gasteiger partial charge is 0.223 e. The molecule has 216 valence electrons. The average Bonchev–Trinajstić information content (AvgIpc) is 3.81. The highest BCUT2D eigenvalue weighted by atomic mass is 35.5. The fourth-order valence-electron chi connectivity index (χ4n) is 5.69. The molecule has 3 saturated heterocycles. The van der Waals surface area contributed by atoms with E-state index in [9.17, 15) is 19.8 Å². The summed E-state index contributed by atoms with van der Waals surface area (Å²) in [6, 6.07) is 4.98. The SMILES string of the molecule is CC1CCCC2(C)OC2CC(C(Cl)=Cc2ccccn2)NC(=O)CC(O)C(C)(C)C(=O)C(CCC2CO2)C1O. The maximum Gasteiger partial charge on any atom is 0.223 e. The number of ether oxygens (including phenoxy) is 2. The van der Waals surface area contributed by atoms with E-state index in [2.05, 4.69) is 17.2 Å². The van der Waals surface area contributed by atoms with E-state index in [-0.39, 0.29) is 35.9 Å². The number of rotatable bonds is 5. The topological polar surface area (TPSA) is 125 Å². The molecule has 0 aromatic carbocycles. The van der Waals surface area contributed by atoms with Crippen molar-refractivity contribution in [2.75, 3.05) is 6.61 Å². The number of nitrogens with one attached hydrogen (secondary N) is 1. The quantitative estimate of drug-likeness (QED) is 0.463. The predicted octanol–water partition coefficient (Wildman–Crippen LogP) is 4.02. The summed E-state index contributed by atoms with van der Waals surface area (Å²) in [7, 11) is 0. The molecule has 4 heterocycles. The molecule has 1 aromatic rings. The van der Waals surface area contributed by atoms with Crippen molar-refractivity contribution in [2.24, 2.45) is 17.3 Å². The van der Waals surface area contributed by atoms with Crippen molar-refractivity contribution in [1.82, 2.24) is 10.3 Å². The zero-order valence-corrected chi connectivity index (χ0v) is 24.2. The van der Waals surface area contributed by atoms with Crippen molar-refractivity contribution in [3.63, 3.8) is 0 Å². The minimum atomic E-state index is -1.23. The Morgan fingerprint density at radius 1 is 1.23 bits per heavy atom. The lowest BCUT2D eigenvalue weighted by molar-refractivity contribution is -0.144. The number of carbonyl (C=O) groups is 2. The number of hydrogen-bond acceptors (Lipinski definition) is 7. The van der Waals surface area contributed by atoms with Gasteiger partial charge in [0.1, 0.15) is 5.78 Å². The molecule has 0 saturated carbocycles. The second kappa shape index (κ2) is 12.4. The first-order chi connectivity index (χ1) is 18.4. The second-order valence-corrected chi connectivity index (χ2v) is 12.8. The van der Waals surface area contributed by atoms with Gasteiger partial charge in [-0.3, -0.25) is 14.6 Å². The van der Waals surface area contributed by atoms with Crippen LogP contribution in [0.25, 0.3) is 6.08 Å². The van der Waals surface area contributed by atoms with Crippen molar-refractivity contribution < 1.29 is 29.3 Å². The highest BCUT2D eigenvalue weighted by molar-refractivity contribution is 6.32. The van der Waals surface area contributed by atoms with Gasteiger partial charge in [0.15, 0.2) is 0 Å². The maximum atomic E-state index is 13.8. The number of nitrogens with zero attached hydrogens (tertiary/aromatic N) is 1. The molecule has 0 radical (unpaired) electrons. The number of hydrogen-bond donors (Lipinski definition) is 3. The molecule has 0 bridgehead atoms. The van der Waals surface area contributed by atoms with Gasteiger partial charge in [-0.25, -0.2) is 0 Å². The summed E-state index contributed by atoms with van der Waals surface area (Å²) >= 11 is 6.72. The number of epoxide rings is 2. The summed E-state index contributed by atoms with van der Waals surface area (Å²) in [4.78, 5) is 31.3. The lowest BCUT2D eigenvalue weighted by Crippen LogP contribution is -2.48. The monoisotopic (exact) mass is 562 g/mol. The van der Waals surface area contributed by atoms with Crippen LogP contribution in [0.5, 0.6) is 0 Å². The van der Waals surface area contributed by atoms with Crippen molar-refractivity contribution in [3.8, 4) is 0 Å². The summed E-state index contributed by atoms with van der Waals surface area (Å²) in [5.41, 5.74) is -0.899. The van der Waals surface area contributed by atoms with Gasteiger partial charge in [-0.15, -0.1) is 0 Å². The number of aliphatic hydroxyl groups is 2. The molecule has 0 spiro atoms. The fraction of sp³-hybridized carbons (Fsp3) is 0.700. The lowest BCUT2D eigenvalue weighted by Gasteiger charge is -2.36. The minimum absolute atomic E-state index is 0.0870. The molecule has 9 heteroatoms. The van der Waals surface area contributed by atoms with Gasteiger partial charge in [0.2, 0.25) is 5.91 Å². The zero-order valence-electron chi connectivity index (χ0n) is 23.4. The van der Waals surface area contributed by atoms with E-state index < -0.39 is 35.5 Å². The largest absolute Gasteiger partial charge is 0.392 e. The molecular formula is C30H43ClN2O6. The average molecular weight is 563 g/mol. The van der Waals surface area contributed by atoms with Crippen molar-refractivity contribution in [2.45, 2.75) is 109 Å². The molecule has 1 amide bonds. The van der Waals surface area contributed by atoms with Crippen molar-refractivity contribution >= 4 is 29.4 Å². The Labute approximate surface area is 236 Å². The van der Waals surface area contributed by atoms with Crippen LogP contribution in [-0.2, 0) is 19.1 Å². The van der Waals surface area contributed by atoms with Crippen LogP contribution in [-0.4, -0.2) is 69.6 Å². The zero-order chi connectivity index (χ0) is 28.4. The van der Waals surface area contributed by atoms with Crippen LogP contribution in [0.15, 0.2) is 29.4 Å². The summed E-state index contributed by atoms with van der Waals surface area (Å²) in [6.07, 6.45) is 5.13. The molecule has 1 aromatic heterocycles. The van der Waals surface area contributed by atoms with Gasteiger partial charge < -0.3 is 25.0 Å². The molecule has 3 aliphatic rings. The molecule has 0 aliphatic carbocycles. The Bertz CT molecular complexity index is 1050. The Hall–Kier alpha value is -1.84. The van der Waals surface area contributed by atoms with E-state index in [4.69, 9.17) is 21.1 Å². The third-order valence-electron chi connectivity index (χ3n) is 8.84. The van der Waals surface area contributed by atoms with Crippen LogP contribution in [0.1, 0.15) is 78.3 Å². The second-order valence-electron chi connectivity index (χ2n) is 12.4. The van der Waals surface area contributed by atoms with Gasteiger partial charge in [-0.2, -0.15) is 0 Å². The standard InChI is InChI=1S/C30H43ClN2O6/c1-18-8-7-12-30(4)25(39-30)15-23(22(31)14-19-9-5-6-13-32-19)33-26(35)16-24(34)29(2,3)28(37)21(27(18)36)11-10-20-17-38-20/h5-6,9,13-14,18,20-21,23-25,27,34,36H,7-8,10-12,15-17H2,1-4H3,(H,33,35). The van der Waals surface area contributed by atoms with E-state index in [1.807, 2.05) is 25.1 Å². The molecule has 3 fully saturated rings. The van der Waals surface area contributed by atoms with E-state index in [1.165, 1.54) is 0 Å². The minimum Gasteiger partial charge on any atom is -0.392 e.